The Balaban J connectivity index is 2.25. The van der Waals surface area contributed by atoms with Crippen LogP contribution in [0, 0.1) is 0 Å². The number of carbonyl (C=O) groups excluding carboxylic acids is 2. The standard InChI is InChI=1S/C14H19ClN2O2/c1-11(7-8-12-5-3-2-4-6-12)16-14(19)17-13(18)9-10-15/h2-6,11H,7-10H2,1H3,(H2,16,17,18,19). The highest BCUT2D eigenvalue weighted by molar-refractivity contribution is 6.19. The molecule has 0 fully saturated rings. The van der Waals surface area contributed by atoms with E-state index in [0.717, 1.165) is 12.8 Å². The van der Waals surface area contributed by atoms with Crippen LogP contribution < -0.4 is 10.6 Å². The molecule has 0 aromatic heterocycles. The quantitative estimate of drug-likeness (QED) is 0.788. The van der Waals surface area contributed by atoms with E-state index >= 15 is 0 Å². The average Bonchev–Trinajstić information content (AvgIpc) is 2.37. The number of aryl methyl sites for hydroxylation is 1. The van der Waals surface area contributed by atoms with Gasteiger partial charge in [0.2, 0.25) is 5.91 Å². The third-order valence-corrected chi connectivity index (χ3v) is 2.85. The summed E-state index contributed by atoms with van der Waals surface area (Å²) in [6.45, 7) is 1.91. The lowest BCUT2D eigenvalue weighted by Crippen LogP contribution is -2.43. The van der Waals surface area contributed by atoms with E-state index in [1.807, 2.05) is 25.1 Å². The van der Waals surface area contributed by atoms with Gasteiger partial charge in [0.05, 0.1) is 0 Å². The van der Waals surface area contributed by atoms with Crippen LogP contribution in [-0.2, 0) is 11.2 Å². The van der Waals surface area contributed by atoms with Crippen LogP contribution in [0.2, 0.25) is 0 Å². The van der Waals surface area contributed by atoms with Gasteiger partial charge in [0.15, 0.2) is 0 Å². The van der Waals surface area contributed by atoms with E-state index in [-0.39, 0.29) is 24.2 Å². The zero-order valence-electron chi connectivity index (χ0n) is 11.0. The molecule has 0 radical (unpaired) electrons. The first-order valence-corrected chi connectivity index (χ1v) is 6.85. The van der Waals surface area contributed by atoms with Crippen LogP contribution in [0.3, 0.4) is 0 Å². The number of urea groups is 1. The van der Waals surface area contributed by atoms with Crippen molar-refractivity contribution in [1.29, 1.82) is 0 Å². The maximum atomic E-state index is 11.5. The molecule has 0 spiro atoms. The number of hydrogen-bond acceptors (Lipinski definition) is 2. The summed E-state index contributed by atoms with van der Waals surface area (Å²) in [5.74, 6) is -0.148. The van der Waals surface area contributed by atoms with Crippen molar-refractivity contribution < 1.29 is 9.59 Å². The van der Waals surface area contributed by atoms with Crippen LogP contribution in [0.1, 0.15) is 25.3 Å². The van der Waals surface area contributed by atoms with Crippen LogP contribution in [-0.4, -0.2) is 23.9 Å². The summed E-state index contributed by atoms with van der Waals surface area (Å²) in [5, 5.41) is 4.96. The number of halogens is 1. The monoisotopic (exact) mass is 282 g/mol. The Bertz CT molecular complexity index is 409. The first kappa shape index (κ1) is 15.5. The van der Waals surface area contributed by atoms with E-state index in [2.05, 4.69) is 22.8 Å². The fourth-order valence-corrected chi connectivity index (χ4v) is 1.81. The van der Waals surface area contributed by atoms with Gasteiger partial charge in [-0.3, -0.25) is 10.1 Å². The minimum absolute atomic E-state index is 0.00371. The maximum Gasteiger partial charge on any atom is 0.321 e. The molecule has 0 bridgehead atoms. The van der Waals surface area contributed by atoms with Crippen LogP contribution in [0.15, 0.2) is 30.3 Å². The van der Waals surface area contributed by atoms with Gasteiger partial charge < -0.3 is 5.32 Å². The predicted molar refractivity (Wildman–Crippen MR) is 76.2 cm³/mol. The Labute approximate surface area is 118 Å². The van der Waals surface area contributed by atoms with Gasteiger partial charge in [-0.1, -0.05) is 30.3 Å². The molecule has 1 unspecified atom stereocenters. The lowest BCUT2D eigenvalue weighted by molar-refractivity contribution is -0.119. The van der Waals surface area contributed by atoms with Gasteiger partial charge in [0.25, 0.3) is 0 Å². The zero-order chi connectivity index (χ0) is 14.1. The molecule has 0 aliphatic carbocycles. The Morgan fingerprint density at radius 1 is 1.26 bits per heavy atom. The number of benzene rings is 1. The third kappa shape index (κ3) is 6.82. The molecular formula is C14H19ClN2O2. The molecule has 1 atom stereocenters. The molecule has 0 heterocycles. The summed E-state index contributed by atoms with van der Waals surface area (Å²) in [5.41, 5.74) is 1.23. The molecule has 19 heavy (non-hydrogen) atoms. The van der Waals surface area contributed by atoms with Gasteiger partial charge in [0.1, 0.15) is 0 Å². The van der Waals surface area contributed by atoms with Crippen LogP contribution >= 0.6 is 11.6 Å². The average molecular weight is 283 g/mol. The first-order chi connectivity index (χ1) is 9.11. The number of rotatable bonds is 6. The van der Waals surface area contributed by atoms with Crippen molar-refractivity contribution in [2.45, 2.75) is 32.2 Å². The van der Waals surface area contributed by atoms with Gasteiger partial charge in [-0.05, 0) is 25.3 Å². The Hall–Kier alpha value is -1.55. The number of hydrogen-bond donors (Lipinski definition) is 2. The molecule has 0 aliphatic rings. The SMILES string of the molecule is CC(CCc1ccccc1)NC(=O)NC(=O)CCCl. The van der Waals surface area contributed by atoms with Crippen molar-refractivity contribution in [3.8, 4) is 0 Å². The molecule has 0 aliphatic heterocycles. The van der Waals surface area contributed by atoms with Crippen molar-refractivity contribution in [3.05, 3.63) is 35.9 Å². The minimum Gasteiger partial charge on any atom is -0.335 e. The fraction of sp³-hybridized carbons (Fsp3) is 0.429. The molecular weight excluding hydrogens is 264 g/mol. The van der Waals surface area contributed by atoms with Crippen LogP contribution in [0.25, 0.3) is 0 Å². The Morgan fingerprint density at radius 2 is 1.95 bits per heavy atom. The van der Waals surface area contributed by atoms with Crippen LogP contribution in [0.4, 0.5) is 4.79 Å². The topological polar surface area (TPSA) is 58.2 Å². The van der Waals surface area contributed by atoms with E-state index < -0.39 is 6.03 Å². The number of carbonyl (C=O) groups is 2. The van der Waals surface area contributed by atoms with Gasteiger partial charge in [-0.15, -0.1) is 11.6 Å². The molecule has 1 aromatic rings. The van der Waals surface area contributed by atoms with Crippen molar-refractivity contribution in [3.63, 3.8) is 0 Å². The van der Waals surface area contributed by atoms with E-state index in [0.29, 0.717) is 0 Å². The maximum absolute atomic E-state index is 11.5. The first-order valence-electron chi connectivity index (χ1n) is 6.32. The van der Waals surface area contributed by atoms with Gasteiger partial charge in [-0.2, -0.15) is 0 Å². The third-order valence-electron chi connectivity index (χ3n) is 2.66. The second-order valence-corrected chi connectivity index (χ2v) is 4.76. The highest BCUT2D eigenvalue weighted by atomic mass is 35.5. The van der Waals surface area contributed by atoms with E-state index in [1.165, 1.54) is 5.56 Å². The van der Waals surface area contributed by atoms with Crippen molar-refractivity contribution in [1.82, 2.24) is 10.6 Å². The van der Waals surface area contributed by atoms with Crippen LogP contribution in [0.5, 0.6) is 0 Å². The minimum atomic E-state index is -0.462. The molecule has 1 aromatic carbocycles. The van der Waals surface area contributed by atoms with Gasteiger partial charge >= 0.3 is 6.03 Å². The zero-order valence-corrected chi connectivity index (χ0v) is 11.7. The lowest BCUT2D eigenvalue weighted by atomic mass is 10.1. The summed E-state index contributed by atoms with van der Waals surface area (Å²) in [7, 11) is 0. The van der Waals surface area contributed by atoms with Gasteiger partial charge in [-0.25, -0.2) is 4.79 Å². The smallest absolute Gasteiger partial charge is 0.321 e. The molecule has 0 saturated carbocycles. The second kappa shape index (κ2) is 8.53. The Kier molecular flexibility index (Phi) is 6.97. The molecule has 2 N–H and O–H groups in total. The molecule has 104 valence electrons. The summed E-state index contributed by atoms with van der Waals surface area (Å²) in [6.07, 6.45) is 1.85. The summed E-state index contributed by atoms with van der Waals surface area (Å²) in [4.78, 5) is 22.6. The fourth-order valence-electron chi connectivity index (χ4n) is 1.63. The van der Waals surface area contributed by atoms with Gasteiger partial charge in [0, 0.05) is 18.3 Å². The lowest BCUT2D eigenvalue weighted by Gasteiger charge is -2.14. The van der Waals surface area contributed by atoms with E-state index in [9.17, 15) is 9.59 Å². The normalized spacial score (nSPS) is 11.7. The molecule has 5 heteroatoms. The highest BCUT2D eigenvalue weighted by Crippen LogP contribution is 2.04. The number of amides is 3. The second-order valence-electron chi connectivity index (χ2n) is 4.39. The molecule has 0 saturated heterocycles. The molecule has 3 amide bonds. The molecule has 4 nitrogen and oxygen atoms in total. The van der Waals surface area contributed by atoms with Crippen molar-refractivity contribution >= 4 is 23.5 Å². The summed E-state index contributed by atoms with van der Waals surface area (Å²) in [6, 6.07) is 9.60. The summed E-state index contributed by atoms with van der Waals surface area (Å²) >= 11 is 5.41. The Morgan fingerprint density at radius 3 is 2.58 bits per heavy atom. The number of alkyl halides is 1. The predicted octanol–water partition coefficient (Wildman–Crippen LogP) is 2.46. The molecule has 1 rings (SSSR count). The van der Waals surface area contributed by atoms with Crippen molar-refractivity contribution in [2.24, 2.45) is 0 Å². The van der Waals surface area contributed by atoms with E-state index in [4.69, 9.17) is 11.6 Å². The number of nitrogens with one attached hydrogen (secondary N) is 2. The van der Waals surface area contributed by atoms with E-state index in [1.54, 1.807) is 0 Å². The van der Waals surface area contributed by atoms with Crippen molar-refractivity contribution in [2.75, 3.05) is 5.88 Å². The number of imide groups is 1. The summed E-state index contributed by atoms with van der Waals surface area (Å²) < 4.78 is 0. The largest absolute Gasteiger partial charge is 0.335 e. The highest BCUT2D eigenvalue weighted by Gasteiger charge is 2.10.